The lowest BCUT2D eigenvalue weighted by molar-refractivity contribution is 0.0954. The lowest BCUT2D eigenvalue weighted by Gasteiger charge is -2.09. The molecule has 3 aromatic carbocycles. The van der Waals surface area contributed by atoms with Crippen molar-refractivity contribution in [3.8, 4) is 22.8 Å². The van der Waals surface area contributed by atoms with Crippen molar-refractivity contribution in [2.75, 3.05) is 12.3 Å². The Morgan fingerprint density at radius 2 is 1.55 bits per heavy atom. The predicted octanol–water partition coefficient (Wildman–Crippen LogP) is 4.74. The molecule has 6 nitrogen and oxygen atoms in total. The maximum atomic E-state index is 12.8. The zero-order chi connectivity index (χ0) is 23.1. The van der Waals surface area contributed by atoms with Gasteiger partial charge in [-0.2, -0.15) is 0 Å². The van der Waals surface area contributed by atoms with Crippen LogP contribution in [0.4, 0.5) is 0 Å². The van der Waals surface area contributed by atoms with Crippen molar-refractivity contribution in [2.45, 2.75) is 12.2 Å². The van der Waals surface area contributed by atoms with Crippen molar-refractivity contribution >= 4 is 15.7 Å². The molecule has 0 aliphatic rings. The number of amides is 1. The summed E-state index contributed by atoms with van der Waals surface area (Å²) < 4.78 is 30.6. The number of sulfone groups is 1. The number of hydrogen-bond donors (Lipinski definition) is 1. The topological polar surface area (TPSA) is 89.3 Å². The molecule has 0 radical (unpaired) electrons. The van der Waals surface area contributed by atoms with Crippen LogP contribution in [0.1, 0.15) is 22.3 Å². The second kappa shape index (κ2) is 10.3. The largest absolute Gasteiger partial charge is 0.436 e. The predicted molar refractivity (Wildman–Crippen MR) is 128 cm³/mol. The summed E-state index contributed by atoms with van der Waals surface area (Å²) in [5, 5.41) is 2.81. The number of aromatic nitrogens is 1. The first-order valence-corrected chi connectivity index (χ1v) is 12.5. The molecule has 0 atom stereocenters. The van der Waals surface area contributed by atoms with E-state index in [0.29, 0.717) is 29.2 Å². The molecule has 4 rings (SSSR count). The summed E-state index contributed by atoms with van der Waals surface area (Å²) in [6, 6.07) is 25.7. The van der Waals surface area contributed by atoms with E-state index in [1.807, 2.05) is 54.6 Å². The maximum Gasteiger partial charge on any atom is 0.252 e. The van der Waals surface area contributed by atoms with Crippen LogP contribution in [0.3, 0.4) is 0 Å². The highest BCUT2D eigenvalue weighted by atomic mass is 32.2. The van der Waals surface area contributed by atoms with E-state index in [-0.39, 0.29) is 24.0 Å². The van der Waals surface area contributed by atoms with Gasteiger partial charge in [0.1, 0.15) is 0 Å². The quantitative estimate of drug-likeness (QED) is 0.364. The van der Waals surface area contributed by atoms with Gasteiger partial charge in [-0.15, -0.1) is 0 Å². The summed E-state index contributed by atoms with van der Waals surface area (Å²) in [6.45, 7) is 0.252. The molecule has 1 amide bonds. The standard InChI is InChI=1S/C26H24N2O4S/c29-25(27-16-9-17-33(30,31)19-20-10-3-1-4-11-20)22-14-7-8-15-23(22)26-28-18-24(32-26)21-12-5-2-6-13-21/h1-8,10-15,18H,9,16-17,19H2,(H,27,29). The van der Waals surface area contributed by atoms with Gasteiger partial charge in [-0.05, 0) is 24.1 Å². The molecule has 7 heteroatoms. The van der Waals surface area contributed by atoms with Crippen LogP contribution in [-0.2, 0) is 15.6 Å². The van der Waals surface area contributed by atoms with E-state index in [0.717, 1.165) is 11.1 Å². The SMILES string of the molecule is O=C(NCCCS(=O)(=O)Cc1ccccc1)c1ccccc1-c1ncc(-c2ccccc2)o1. The van der Waals surface area contributed by atoms with Crippen LogP contribution in [0.2, 0.25) is 0 Å². The van der Waals surface area contributed by atoms with Gasteiger partial charge in [-0.3, -0.25) is 4.79 Å². The fraction of sp³-hybridized carbons (Fsp3) is 0.154. The van der Waals surface area contributed by atoms with Crippen LogP contribution in [-0.4, -0.2) is 31.6 Å². The molecule has 4 aromatic rings. The van der Waals surface area contributed by atoms with Crippen molar-refractivity contribution in [1.82, 2.24) is 10.3 Å². The zero-order valence-corrected chi connectivity index (χ0v) is 18.8. The zero-order valence-electron chi connectivity index (χ0n) is 18.0. The van der Waals surface area contributed by atoms with Crippen molar-refractivity contribution in [3.63, 3.8) is 0 Å². The third-order valence-corrected chi connectivity index (χ3v) is 6.80. The van der Waals surface area contributed by atoms with Gasteiger partial charge >= 0.3 is 0 Å². The van der Waals surface area contributed by atoms with E-state index < -0.39 is 9.84 Å². The van der Waals surface area contributed by atoms with Crippen LogP contribution in [0.15, 0.2) is 95.5 Å². The summed E-state index contributed by atoms with van der Waals surface area (Å²) in [6.07, 6.45) is 1.97. The first-order valence-electron chi connectivity index (χ1n) is 10.6. The van der Waals surface area contributed by atoms with Gasteiger partial charge in [0.05, 0.1) is 23.3 Å². The van der Waals surface area contributed by atoms with Gasteiger partial charge in [0.2, 0.25) is 5.89 Å². The highest BCUT2D eigenvalue weighted by molar-refractivity contribution is 7.90. The molecule has 1 N–H and O–H groups in total. The van der Waals surface area contributed by atoms with Crippen molar-refractivity contribution in [3.05, 3.63) is 102 Å². The molecular weight excluding hydrogens is 436 g/mol. The Balaban J connectivity index is 1.37. The van der Waals surface area contributed by atoms with Crippen molar-refractivity contribution in [1.29, 1.82) is 0 Å². The van der Waals surface area contributed by atoms with Gasteiger partial charge in [0, 0.05) is 17.7 Å². The molecule has 1 aromatic heterocycles. The molecule has 0 saturated heterocycles. The van der Waals surface area contributed by atoms with E-state index in [1.54, 1.807) is 36.5 Å². The fourth-order valence-electron chi connectivity index (χ4n) is 3.49. The average Bonchev–Trinajstić information content (AvgIpc) is 3.33. The summed E-state index contributed by atoms with van der Waals surface area (Å²) >= 11 is 0. The molecule has 0 fully saturated rings. The molecule has 0 bridgehead atoms. The average molecular weight is 461 g/mol. The summed E-state index contributed by atoms with van der Waals surface area (Å²) in [5.74, 6) is 0.669. The van der Waals surface area contributed by atoms with Gasteiger partial charge in [0.15, 0.2) is 15.6 Å². The molecule has 0 aliphatic carbocycles. The van der Waals surface area contributed by atoms with E-state index in [2.05, 4.69) is 10.3 Å². The highest BCUT2D eigenvalue weighted by Gasteiger charge is 2.17. The van der Waals surface area contributed by atoms with Crippen LogP contribution < -0.4 is 5.32 Å². The van der Waals surface area contributed by atoms with E-state index in [1.165, 1.54) is 0 Å². The first kappa shape index (κ1) is 22.5. The number of hydrogen-bond acceptors (Lipinski definition) is 5. The van der Waals surface area contributed by atoms with E-state index in [4.69, 9.17) is 4.42 Å². The lowest BCUT2D eigenvalue weighted by atomic mass is 10.1. The molecule has 33 heavy (non-hydrogen) atoms. The third-order valence-electron chi connectivity index (χ3n) is 5.11. The number of nitrogens with zero attached hydrogens (tertiary/aromatic N) is 1. The van der Waals surface area contributed by atoms with Crippen LogP contribution in [0.5, 0.6) is 0 Å². The Labute approximate surface area is 193 Å². The smallest absolute Gasteiger partial charge is 0.252 e. The number of carbonyl (C=O) groups excluding carboxylic acids is 1. The number of benzene rings is 3. The van der Waals surface area contributed by atoms with Gasteiger partial charge in [-0.25, -0.2) is 13.4 Å². The molecule has 1 heterocycles. The minimum atomic E-state index is -3.25. The number of carbonyl (C=O) groups is 1. The minimum absolute atomic E-state index is 0.00146. The molecule has 168 valence electrons. The maximum absolute atomic E-state index is 12.8. The van der Waals surface area contributed by atoms with Crippen LogP contribution in [0, 0.1) is 0 Å². The van der Waals surface area contributed by atoms with Crippen LogP contribution in [0.25, 0.3) is 22.8 Å². The summed E-state index contributed by atoms with van der Waals surface area (Å²) in [5.41, 5.74) is 2.66. The van der Waals surface area contributed by atoms with E-state index >= 15 is 0 Å². The van der Waals surface area contributed by atoms with Gasteiger partial charge < -0.3 is 9.73 Å². The van der Waals surface area contributed by atoms with Crippen molar-refractivity contribution in [2.24, 2.45) is 0 Å². The second-order valence-electron chi connectivity index (χ2n) is 7.63. The Bertz CT molecular complexity index is 1320. The molecule has 0 spiro atoms. The molecule has 0 aliphatic heterocycles. The second-order valence-corrected chi connectivity index (χ2v) is 9.81. The van der Waals surface area contributed by atoms with Crippen LogP contribution >= 0.6 is 0 Å². The number of nitrogens with one attached hydrogen (secondary N) is 1. The Kier molecular flexibility index (Phi) is 7.00. The van der Waals surface area contributed by atoms with E-state index in [9.17, 15) is 13.2 Å². The Hall–Kier alpha value is -3.71. The fourth-order valence-corrected chi connectivity index (χ4v) is 4.92. The molecular formula is C26H24N2O4S. The number of oxazole rings is 1. The van der Waals surface area contributed by atoms with Gasteiger partial charge in [-0.1, -0.05) is 72.8 Å². The normalized spacial score (nSPS) is 11.3. The highest BCUT2D eigenvalue weighted by Crippen LogP contribution is 2.28. The van der Waals surface area contributed by atoms with Gasteiger partial charge in [0.25, 0.3) is 5.91 Å². The molecule has 0 saturated carbocycles. The third kappa shape index (κ3) is 5.96. The summed E-state index contributed by atoms with van der Waals surface area (Å²) in [4.78, 5) is 17.1. The molecule has 0 unspecified atom stereocenters. The monoisotopic (exact) mass is 460 g/mol. The first-order chi connectivity index (χ1) is 16.0. The van der Waals surface area contributed by atoms with Crippen molar-refractivity contribution < 1.29 is 17.6 Å². The lowest BCUT2D eigenvalue weighted by Crippen LogP contribution is -2.26. The Morgan fingerprint density at radius 3 is 2.30 bits per heavy atom. The summed E-state index contributed by atoms with van der Waals surface area (Å²) in [7, 11) is -3.25. The number of rotatable bonds is 9. The Morgan fingerprint density at radius 1 is 0.879 bits per heavy atom. The minimum Gasteiger partial charge on any atom is -0.436 e.